The molecule has 3 fully saturated rings. The van der Waals surface area contributed by atoms with Crippen molar-refractivity contribution in [3.8, 4) is 5.75 Å². The second-order valence-electron chi connectivity index (χ2n) is 9.40. The zero-order valence-corrected chi connectivity index (χ0v) is 20.5. The third kappa shape index (κ3) is 5.37. The number of ether oxygens (including phenoxy) is 2. The molecule has 0 aromatic heterocycles. The van der Waals surface area contributed by atoms with Crippen LogP contribution < -0.4 is 10.1 Å². The summed E-state index contributed by atoms with van der Waals surface area (Å²) < 4.78 is 38.5. The van der Waals surface area contributed by atoms with E-state index in [4.69, 9.17) is 9.47 Å². The number of piperidine rings is 1. The fourth-order valence-corrected chi connectivity index (χ4v) is 7.06. The van der Waals surface area contributed by atoms with E-state index in [0.717, 1.165) is 25.9 Å². The summed E-state index contributed by atoms with van der Waals surface area (Å²) >= 11 is 0. The topological polar surface area (TPSA) is 88.2 Å². The van der Waals surface area contributed by atoms with Crippen LogP contribution in [0.2, 0.25) is 0 Å². The van der Waals surface area contributed by atoms with Gasteiger partial charge in [0.1, 0.15) is 10.6 Å². The number of rotatable bonds is 7. The van der Waals surface area contributed by atoms with Gasteiger partial charge in [-0.3, -0.25) is 9.69 Å². The number of carbonyl (C=O) groups is 1. The fraction of sp³-hybridized carbons (Fsp3) is 0.708. The minimum absolute atomic E-state index is 0.0174. The van der Waals surface area contributed by atoms with E-state index in [1.165, 1.54) is 56.0 Å². The van der Waals surface area contributed by atoms with Crippen LogP contribution in [0.4, 0.5) is 0 Å². The van der Waals surface area contributed by atoms with Crippen molar-refractivity contribution in [2.45, 2.75) is 61.8 Å². The van der Waals surface area contributed by atoms with Crippen molar-refractivity contribution >= 4 is 15.9 Å². The van der Waals surface area contributed by atoms with Crippen LogP contribution >= 0.6 is 0 Å². The van der Waals surface area contributed by atoms with E-state index in [9.17, 15) is 13.2 Å². The van der Waals surface area contributed by atoms with E-state index in [0.29, 0.717) is 38.4 Å². The summed E-state index contributed by atoms with van der Waals surface area (Å²) in [6, 6.07) is 4.66. The van der Waals surface area contributed by atoms with Gasteiger partial charge in [0.2, 0.25) is 10.0 Å². The highest BCUT2D eigenvalue weighted by atomic mass is 32.2. The van der Waals surface area contributed by atoms with Crippen LogP contribution in [0, 0.1) is 0 Å². The van der Waals surface area contributed by atoms with Gasteiger partial charge >= 0.3 is 0 Å². The van der Waals surface area contributed by atoms with Crippen LogP contribution in [0.25, 0.3) is 0 Å². The Labute approximate surface area is 197 Å². The maximum Gasteiger partial charge on any atom is 0.251 e. The van der Waals surface area contributed by atoms with Gasteiger partial charge in [-0.1, -0.05) is 25.7 Å². The van der Waals surface area contributed by atoms with Gasteiger partial charge in [0.15, 0.2) is 0 Å². The van der Waals surface area contributed by atoms with E-state index in [-0.39, 0.29) is 22.1 Å². The van der Waals surface area contributed by atoms with Crippen molar-refractivity contribution in [3.05, 3.63) is 23.8 Å². The molecule has 33 heavy (non-hydrogen) atoms. The fourth-order valence-electron chi connectivity index (χ4n) is 5.48. The number of carbonyl (C=O) groups excluding carboxylic acids is 1. The first kappa shape index (κ1) is 24.4. The van der Waals surface area contributed by atoms with Gasteiger partial charge in [0, 0.05) is 30.7 Å². The molecule has 4 rings (SSSR count). The molecule has 1 aliphatic carbocycles. The van der Waals surface area contributed by atoms with E-state index < -0.39 is 10.0 Å². The lowest BCUT2D eigenvalue weighted by Gasteiger charge is -2.48. The van der Waals surface area contributed by atoms with Crippen molar-refractivity contribution in [2.75, 3.05) is 53.0 Å². The molecule has 2 aliphatic heterocycles. The zero-order valence-electron chi connectivity index (χ0n) is 19.7. The SMILES string of the molecule is COc1ccc(C(=O)NCC2(N3CCCCC3)CCCCC2)cc1S(=O)(=O)N1CCOCC1. The molecule has 1 N–H and O–H groups in total. The first-order chi connectivity index (χ1) is 16.0. The highest BCUT2D eigenvalue weighted by Crippen LogP contribution is 2.35. The monoisotopic (exact) mass is 479 g/mol. The van der Waals surface area contributed by atoms with Crippen LogP contribution in [0.5, 0.6) is 5.75 Å². The third-order valence-corrected chi connectivity index (χ3v) is 9.32. The zero-order chi connectivity index (χ0) is 23.3. The molecule has 9 heteroatoms. The molecule has 1 amide bonds. The van der Waals surface area contributed by atoms with Crippen LogP contribution in [0.3, 0.4) is 0 Å². The molecule has 8 nitrogen and oxygen atoms in total. The normalized spacial score (nSPS) is 22.6. The Morgan fingerprint density at radius 2 is 1.70 bits per heavy atom. The van der Waals surface area contributed by atoms with Gasteiger partial charge in [-0.15, -0.1) is 0 Å². The Morgan fingerprint density at radius 3 is 2.36 bits per heavy atom. The molecule has 2 heterocycles. The maximum absolute atomic E-state index is 13.3. The quantitative estimate of drug-likeness (QED) is 0.647. The lowest BCUT2D eigenvalue weighted by atomic mass is 9.79. The van der Waals surface area contributed by atoms with E-state index in [1.54, 1.807) is 12.1 Å². The summed E-state index contributed by atoms with van der Waals surface area (Å²) in [5, 5.41) is 3.15. The number of hydrogen-bond acceptors (Lipinski definition) is 6. The molecule has 0 atom stereocenters. The van der Waals surface area contributed by atoms with Crippen molar-refractivity contribution in [2.24, 2.45) is 0 Å². The van der Waals surface area contributed by atoms with E-state index in [2.05, 4.69) is 10.2 Å². The number of nitrogens with zero attached hydrogens (tertiary/aromatic N) is 2. The molecule has 3 aliphatic rings. The van der Waals surface area contributed by atoms with Gasteiger partial charge in [-0.25, -0.2) is 8.42 Å². The summed E-state index contributed by atoms with van der Waals surface area (Å²) in [5.74, 6) is 0.00754. The number of likely N-dealkylation sites (tertiary alicyclic amines) is 1. The molecule has 1 saturated carbocycles. The molecular formula is C24H37N3O5S. The molecule has 1 aromatic carbocycles. The predicted octanol–water partition coefficient (Wildman–Crippen LogP) is 2.63. The Hall–Kier alpha value is -1.68. The Balaban J connectivity index is 1.52. The second-order valence-corrected chi connectivity index (χ2v) is 11.3. The summed E-state index contributed by atoms with van der Waals surface area (Å²) in [5.41, 5.74) is 0.357. The van der Waals surface area contributed by atoms with Crippen LogP contribution in [0.1, 0.15) is 61.7 Å². The number of morpholine rings is 1. The largest absolute Gasteiger partial charge is 0.495 e. The lowest BCUT2D eigenvalue weighted by Crippen LogP contribution is -2.58. The van der Waals surface area contributed by atoms with Crippen molar-refractivity contribution in [1.82, 2.24) is 14.5 Å². The van der Waals surface area contributed by atoms with Crippen LogP contribution in [0.15, 0.2) is 23.1 Å². The molecule has 1 aromatic rings. The Kier molecular flexibility index (Phi) is 7.94. The van der Waals surface area contributed by atoms with Crippen LogP contribution in [-0.4, -0.2) is 82.1 Å². The lowest BCUT2D eigenvalue weighted by molar-refractivity contribution is 0.0326. The standard InChI is InChI=1S/C24H37N3O5S/c1-31-21-9-8-20(18-22(21)33(29,30)27-14-16-32-17-15-27)23(28)25-19-24(10-4-2-5-11-24)26-12-6-3-7-13-26/h8-9,18H,2-7,10-17,19H2,1H3,(H,25,28). The van der Waals surface area contributed by atoms with E-state index in [1.807, 2.05) is 0 Å². The van der Waals surface area contributed by atoms with Gasteiger partial charge < -0.3 is 14.8 Å². The first-order valence-corrected chi connectivity index (χ1v) is 13.7. The Bertz CT molecular complexity index is 918. The number of sulfonamides is 1. The van der Waals surface area contributed by atoms with Gasteiger partial charge in [-0.2, -0.15) is 4.31 Å². The van der Waals surface area contributed by atoms with Gasteiger partial charge in [0.25, 0.3) is 5.91 Å². The highest BCUT2D eigenvalue weighted by Gasteiger charge is 2.39. The minimum atomic E-state index is -3.79. The number of hydrogen-bond donors (Lipinski definition) is 1. The molecule has 0 radical (unpaired) electrons. The highest BCUT2D eigenvalue weighted by molar-refractivity contribution is 7.89. The van der Waals surface area contributed by atoms with Crippen LogP contribution in [-0.2, 0) is 14.8 Å². The van der Waals surface area contributed by atoms with Crippen molar-refractivity contribution in [1.29, 1.82) is 0 Å². The number of benzene rings is 1. The minimum Gasteiger partial charge on any atom is -0.495 e. The first-order valence-electron chi connectivity index (χ1n) is 12.3. The number of amides is 1. The van der Waals surface area contributed by atoms with Gasteiger partial charge in [-0.05, 0) is 57.0 Å². The summed E-state index contributed by atoms with van der Waals surface area (Å²) in [6.45, 7) is 4.10. The molecule has 0 bridgehead atoms. The summed E-state index contributed by atoms with van der Waals surface area (Å²) in [6.07, 6.45) is 9.57. The maximum atomic E-state index is 13.3. The average molecular weight is 480 g/mol. The molecule has 0 unspecified atom stereocenters. The molecule has 2 saturated heterocycles. The summed E-state index contributed by atoms with van der Waals surface area (Å²) in [7, 11) is -2.34. The predicted molar refractivity (Wildman–Crippen MR) is 126 cm³/mol. The summed E-state index contributed by atoms with van der Waals surface area (Å²) in [4.78, 5) is 15.8. The number of nitrogens with one attached hydrogen (secondary N) is 1. The molecule has 0 spiro atoms. The smallest absolute Gasteiger partial charge is 0.251 e. The second kappa shape index (κ2) is 10.7. The van der Waals surface area contributed by atoms with E-state index >= 15 is 0 Å². The van der Waals surface area contributed by atoms with Crippen molar-refractivity contribution in [3.63, 3.8) is 0 Å². The van der Waals surface area contributed by atoms with Crippen molar-refractivity contribution < 1.29 is 22.7 Å². The third-order valence-electron chi connectivity index (χ3n) is 7.40. The molecule has 184 valence electrons. The average Bonchev–Trinajstić information content (AvgIpc) is 2.88. The number of methoxy groups -OCH3 is 1. The van der Waals surface area contributed by atoms with Gasteiger partial charge in [0.05, 0.1) is 20.3 Å². The Morgan fingerprint density at radius 1 is 1.03 bits per heavy atom. The molecular weight excluding hydrogens is 442 g/mol.